The smallest absolute Gasteiger partial charge is 0.200 e. The minimum absolute atomic E-state index is 0.0835. The zero-order valence-corrected chi connectivity index (χ0v) is 15.9. The predicted octanol–water partition coefficient (Wildman–Crippen LogP) is 4.59. The van der Waals surface area contributed by atoms with Gasteiger partial charge in [-0.3, -0.25) is 9.59 Å². The van der Waals surface area contributed by atoms with Gasteiger partial charge in [0.05, 0.1) is 17.5 Å². The van der Waals surface area contributed by atoms with Gasteiger partial charge in [-0.2, -0.15) is 0 Å². The van der Waals surface area contributed by atoms with Crippen molar-refractivity contribution in [3.8, 4) is 10.8 Å². The Hall–Kier alpha value is -3.53. The lowest BCUT2D eigenvalue weighted by molar-refractivity contribution is 0.0978. The number of halogens is 3. The van der Waals surface area contributed by atoms with Crippen LogP contribution in [0.1, 0.15) is 37.8 Å². The average molecular weight is 431 g/mol. The summed E-state index contributed by atoms with van der Waals surface area (Å²) in [4.78, 5) is 27.4. The van der Waals surface area contributed by atoms with Gasteiger partial charge in [-0.15, -0.1) is 10.2 Å². The fourth-order valence-corrected chi connectivity index (χ4v) is 3.61. The molecule has 0 aliphatic carbocycles. The topological polar surface area (TPSA) is 88.8 Å². The summed E-state index contributed by atoms with van der Waals surface area (Å²) < 4.78 is 45.9. The average Bonchev–Trinajstić information content (AvgIpc) is 3.46. The summed E-state index contributed by atoms with van der Waals surface area (Å²) in [6.07, 6.45) is 3.10. The summed E-state index contributed by atoms with van der Waals surface area (Å²) >= 11 is 1.29. The van der Waals surface area contributed by atoms with E-state index in [2.05, 4.69) is 15.2 Å². The number of aromatic nitrogens is 3. The number of rotatable bonds is 7. The zero-order valence-electron chi connectivity index (χ0n) is 15.1. The monoisotopic (exact) mass is 431 g/mol. The number of hydrogen-bond acceptors (Lipinski definition) is 6. The van der Waals surface area contributed by atoms with Crippen molar-refractivity contribution >= 4 is 22.9 Å². The molecule has 4 aromatic rings. The van der Waals surface area contributed by atoms with E-state index >= 15 is 0 Å². The molecule has 0 unspecified atom stereocenters. The first kappa shape index (κ1) is 19.8. The number of benzene rings is 1. The van der Waals surface area contributed by atoms with Gasteiger partial charge in [0.25, 0.3) is 0 Å². The van der Waals surface area contributed by atoms with Gasteiger partial charge >= 0.3 is 0 Å². The SMILES string of the molecule is O=C(CCc1nnc(-c2ccco2)s1)c1cc(C(=O)c2c(F)cc(F)cc2F)c[nH]1. The summed E-state index contributed by atoms with van der Waals surface area (Å²) in [5.74, 6) is -4.47. The minimum atomic E-state index is -1.31. The molecule has 1 aromatic carbocycles. The molecule has 0 fully saturated rings. The van der Waals surface area contributed by atoms with Gasteiger partial charge in [0.2, 0.25) is 0 Å². The molecule has 10 heteroatoms. The minimum Gasteiger partial charge on any atom is -0.462 e. The largest absolute Gasteiger partial charge is 0.462 e. The first-order chi connectivity index (χ1) is 14.4. The van der Waals surface area contributed by atoms with Crippen LogP contribution in [0.25, 0.3) is 10.8 Å². The van der Waals surface area contributed by atoms with Crippen LogP contribution in [0.2, 0.25) is 0 Å². The highest BCUT2D eigenvalue weighted by Crippen LogP contribution is 2.25. The molecule has 3 heterocycles. The van der Waals surface area contributed by atoms with Crippen molar-refractivity contribution in [3.63, 3.8) is 0 Å². The van der Waals surface area contributed by atoms with E-state index in [0.29, 0.717) is 34.3 Å². The number of H-pyrrole nitrogens is 1. The quantitative estimate of drug-likeness (QED) is 0.433. The fraction of sp³-hybridized carbons (Fsp3) is 0.100. The van der Waals surface area contributed by atoms with E-state index in [4.69, 9.17) is 4.42 Å². The molecule has 1 N–H and O–H groups in total. The molecule has 3 aromatic heterocycles. The van der Waals surface area contributed by atoms with Gasteiger partial charge < -0.3 is 9.40 Å². The summed E-state index contributed by atoms with van der Waals surface area (Å²) in [6.45, 7) is 0. The van der Waals surface area contributed by atoms with E-state index in [1.165, 1.54) is 29.9 Å². The second-order valence-corrected chi connectivity index (χ2v) is 7.34. The molecule has 30 heavy (non-hydrogen) atoms. The molecule has 0 radical (unpaired) electrons. The molecule has 152 valence electrons. The van der Waals surface area contributed by atoms with Crippen molar-refractivity contribution in [1.29, 1.82) is 0 Å². The van der Waals surface area contributed by atoms with E-state index in [1.807, 2.05) is 0 Å². The first-order valence-corrected chi connectivity index (χ1v) is 9.51. The zero-order chi connectivity index (χ0) is 21.3. The number of aryl methyl sites for hydroxylation is 1. The van der Waals surface area contributed by atoms with Crippen LogP contribution in [-0.2, 0) is 6.42 Å². The van der Waals surface area contributed by atoms with Gasteiger partial charge in [-0.1, -0.05) is 11.3 Å². The maximum Gasteiger partial charge on any atom is 0.200 e. The third-order valence-corrected chi connectivity index (χ3v) is 5.24. The number of nitrogens with zero attached hydrogens (tertiary/aromatic N) is 2. The van der Waals surface area contributed by atoms with E-state index in [-0.39, 0.29) is 23.5 Å². The van der Waals surface area contributed by atoms with Crippen LogP contribution in [0.3, 0.4) is 0 Å². The van der Waals surface area contributed by atoms with Crippen LogP contribution in [0.5, 0.6) is 0 Å². The van der Waals surface area contributed by atoms with Crippen LogP contribution in [0.15, 0.2) is 47.2 Å². The van der Waals surface area contributed by atoms with Crippen LogP contribution < -0.4 is 0 Å². The number of hydrogen-bond donors (Lipinski definition) is 1. The maximum absolute atomic E-state index is 13.8. The van der Waals surface area contributed by atoms with E-state index in [9.17, 15) is 22.8 Å². The Balaban J connectivity index is 1.44. The lowest BCUT2D eigenvalue weighted by Crippen LogP contribution is -2.07. The highest BCUT2D eigenvalue weighted by molar-refractivity contribution is 7.14. The Morgan fingerprint density at radius 1 is 1.10 bits per heavy atom. The van der Waals surface area contributed by atoms with Crippen molar-refractivity contribution < 1.29 is 27.2 Å². The molecule has 0 aliphatic heterocycles. The third-order valence-electron chi connectivity index (χ3n) is 4.24. The summed E-state index contributed by atoms with van der Waals surface area (Å²) in [7, 11) is 0. The number of nitrogens with one attached hydrogen (secondary N) is 1. The van der Waals surface area contributed by atoms with Gasteiger partial charge in [0, 0.05) is 36.7 Å². The second-order valence-electron chi connectivity index (χ2n) is 6.28. The fourth-order valence-electron chi connectivity index (χ4n) is 2.80. The highest BCUT2D eigenvalue weighted by atomic mass is 32.1. The first-order valence-electron chi connectivity index (χ1n) is 8.69. The molecule has 0 saturated heterocycles. The number of aromatic amines is 1. The summed E-state index contributed by atoms with van der Waals surface area (Å²) in [6, 6.07) is 5.54. The molecule has 6 nitrogen and oxygen atoms in total. The summed E-state index contributed by atoms with van der Waals surface area (Å²) in [5.41, 5.74) is -0.885. The highest BCUT2D eigenvalue weighted by Gasteiger charge is 2.22. The Morgan fingerprint density at radius 2 is 1.87 bits per heavy atom. The Kier molecular flexibility index (Phi) is 5.32. The molecular formula is C20H12F3N3O3S. The predicted molar refractivity (Wildman–Crippen MR) is 101 cm³/mol. The Labute approximate surface area is 171 Å². The molecule has 0 spiro atoms. The molecule has 0 bridgehead atoms. The van der Waals surface area contributed by atoms with Gasteiger partial charge in [0.1, 0.15) is 22.5 Å². The van der Waals surface area contributed by atoms with Crippen LogP contribution in [-0.4, -0.2) is 26.7 Å². The number of furan rings is 1. The molecular weight excluding hydrogens is 419 g/mol. The number of carbonyl (C=O) groups excluding carboxylic acids is 2. The summed E-state index contributed by atoms with van der Waals surface area (Å²) in [5, 5.41) is 9.25. The maximum atomic E-state index is 13.8. The third kappa shape index (κ3) is 3.94. The van der Waals surface area contributed by atoms with E-state index in [1.54, 1.807) is 12.1 Å². The van der Waals surface area contributed by atoms with Crippen molar-refractivity contribution in [2.24, 2.45) is 0 Å². The van der Waals surface area contributed by atoms with Gasteiger partial charge in [-0.05, 0) is 18.2 Å². The van der Waals surface area contributed by atoms with Crippen LogP contribution in [0, 0.1) is 17.5 Å². The van der Waals surface area contributed by atoms with Crippen molar-refractivity contribution in [3.05, 3.63) is 82.1 Å². The molecule has 0 atom stereocenters. The second kappa shape index (κ2) is 8.07. The molecule has 0 aliphatic rings. The Morgan fingerprint density at radius 3 is 2.57 bits per heavy atom. The van der Waals surface area contributed by atoms with Crippen molar-refractivity contribution in [2.45, 2.75) is 12.8 Å². The van der Waals surface area contributed by atoms with Gasteiger partial charge in [0.15, 0.2) is 22.3 Å². The van der Waals surface area contributed by atoms with Crippen molar-refractivity contribution in [2.75, 3.05) is 0 Å². The number of ketones is 2. The lowest BCUT2D eigenvalue weighted by Gasteiger charge is -2.02. The van der Waals surface area contributed by atoms with Gasteiger partial charge in [-0.25, -0.2) is 13.2 Å². The van der Waals surface area contributed by atoms with Crippen LogP contribution in [0.4, 0.5) is 13.2 Å². The number of carbonyl (C=O) groups is 2. The normalized spacial score (nSPS) is 11.0. The van der Waals surface area contributed by atoms with Crippen LogP contribution >= 0.6 is 11.3 Å². The molecule has 4 rings (SSSR count). The van der Waals surface area contributed by atoms with E-state index in [0.717, 1.165) is 0 Å². The number of Topliss-reactive ketones (excluding diaryl/α,β-unsaturated/α-hetero) is 1. The Bertz CT molecular complexity index is 1210. The lowest BCUT2D eigenvalue weighted by atomic mass is 10.0. The molecule has 0 saturated carbocycles. The standard InChI is InChI=1S/C20H12F3N3O3S/c21-11-7-12(22)18(13(23)8-11)19(28)10-6-14(24-9-10)15(27)3-4-17-25-26-20(30-17)16-2-1-5-29-16/h1-2,5-9,24H,3-4H2. The molecule has 0 amide bonds. The van der Waals surface area contributed by atoms with E-state index < -0.39 is 28.8 Å². The van der Waals surface area contributed by atoms with Crippen molar-refractivity contribution in [1.82, 2.24) is 15.2 Å².